The zero-order chi connectivity index (χ0) is 27.1. The maximum atomic E-state index is 12.9. The number of carbonyl (C=O) groups excluding carboxylic acids is 4. The minimum absolute atomic E-state index is 0.0243. The van der Waals surface area contributed by atoms with Crippen LogP contribution in [0.2, 0.25) is 0 Å². The number of nitrogens with zero attached hydrogens (tertiary/aromatic N) is 3. The number of esters is 1. The van der Waals surface area contributed by atoms with E-state index in [0.29, 0.717) is 29.8 Å². The number of amides is 3. The summed E-state index contributed by atoms with van der Waals surface area (Å²) < 4.78 is 10.8. The van der Waals surface area contributed by atoms with Gasteiger partial charge >= 0.3 is 5.97 Å². The Hall–Kier alpha value is -4.54. The second kappa shape index (κ2) is 9.73. The predicted molar refractivity (Wildman–Crippen MR) is 135 cm³/mol. The number of hydrogen-bond acceptors (Lipinski definition) is 8. The summed E-state index contributed by atoms with van der Waals surface area (Å²) in [6.45, 7) is 1.76. The number of carbonyl (C=O) groups is 4. The number of nitro benzene ring substituents is 1. The largest absolute Gasteiger partial charge is 0.494 e. The van der Waals surface area contributed by atoms with Gasteiger partial charge in [0.1, 0.15) is 11.5 Å². The fourth-order valence-electron chi connectivity index (χ4n) is 5.28. The number of hydrogen-bond donors (Lipinski definition) is 0. The number of aryl methyl sites for hydroxylation is 1. The number of rotatable bonds is 6. The minimum Gasteiger partial charge on any atom is -0.494 e. The van der Waals surface area contributed by atoms with Gasteiger partial charge < -0.3 is 14.4 Å². The van der Waals surface area contributed by atoms with Gasteiger partial charge in [0.2, 0.25) is 17.7 Å². The molecule has 2 aromatic rings. The summed E-state index contributed by atoms with van der Waals surface area (Å²) in [6, 6.07) is 8.60. The Morgan fingerprint density at radius 1 is 1.00 bits per heavy atom. The van der Waals surface area contributed by atoms with E-state index in [1.807, 2.05) is 12.2 Å². The molecule has 2 aliphatic heterocycles. The number of methoxy groups -OCH3 is 1. The van der Waals surface area contributed by atoms with E-state index in [9.17, 15) is 29.3 Å². The smallest absolute Gasteiger partial charge is 0.316 e. The number of anilines is 2. The number of fused-ring (bicyclic) bond motifs is 1. The average molecular weight is 520 g/mol. The normalized spacial score (nSPS) is 22.6. The summed E-state index contributed by atoms with van der Waals surface area (Å²) in [5.41, 5.74) is 1.21. The van der Waals surface area contributed by atoms with Crippen LogP contribution >= 0.6 is 0 Å². The summed E-state index contributed by atoms with van der Waals surface area (Å²) >= 11 is 0. The summed E-state index contributed by atoms with van der Waals surface area (Å²) in [6.07, 6.45) is 4.85. The summed E-state index contributed by atoms with van der Waals surface area (Å²) in [5.74, 6) is -2.47. The van der Waals surface area contributed by atoms with Gasteiger partial charge in [-0.05, 0) is 49.6 Å². The first kappa shape index (κ1) is 25.1. The molecule has 3 atom stereocenters. The van der Waals surface area contributed by atoms with E-state index in [1.54, 1.807) is 19.1 Å². The maximum absolute atomic E-state index is 12.9. The molecule has 2 saturated heterocycles. The molecule has 3 amide bonds. The first-order chi connectivity index (χ1) is 18.2. The first-order valence-corrected chi connectivity index (χ1v) is 12.2. The molecule has 0 bridgehead atoms. The highest BCUT2D eigenvalue weighted by atomic mass is 16.6. The number of imide groups is 1. The highest BCUT2D eigenvalue weighted by molar-refractivity contribution is 6.22. The Labute approximate surface area is 217 Å². The monoisotopic (exact) mass is 519 g/mol. The number of allylic oxidation sites excluding steroid dienone is 2. The molecule has 3 aliphatic rings. The number of nitro groups is 1. The Bertz CT molecular complexity index is 1370. The van der Waals surface area contributed by atoms with E-state index in [-0.39, 0.29) is 59.7 Å². The number of non-ortho nitro benzene ring substituents is 1. The van der Waals surface area contributed by atoms with Crippen molar-refractivity contribution in [2.45, 2.75) is 26.2 Å². The summed E-state index contributed by atoms with van der Waals surface area (Å²) in [5, 5.41) is 11.1. The van der Waals surface area contributed by atoms with Crippen LogP contribution in [0.4, 0.5) is 17.1 Å². The average Bonchev–Trinajstić information content (AvgIpc) is 3.41. The van der Waals surface area contributed by atoms with Gasteiger partial charge in [0.25, 0.3) is 5.69 Å². The molecular formula is C27H25N3O8. The van der Waals surface area contributed by atoms with Crippen molar-refractivity contribution in [2.24, 2.45) is 17.8 Å². The molecule has 1 aliphatic carbocycles. The third-order valence-corrected chi connectivity index (χ3v) is 7.26. The third-order valence-electron chi connectivity index (χ3n) is 7.26. The van der Waals surface area contributed by atoms with Gasteiger partial charge in [-0.2, -0.15) is 0 Å². The standard InChI is InChI=1S/C27H25N3O8/c1-15-11-18(8-10-21(15)29-25(32)19-5-3-4-6-20(19)26(29)33)38-27(34)16-12-24(31)28(14-16)22-9-7-17(30(35)36)13-23(22)37-2/h3-4,7-11,13,16,19-20H,5-6,12,14H2,1-2H3/t16-,19-,20+/m1/s1. The van der Waals surface area contributed by atoms with Gasteiger partial charge in [-0.15, -0.1) is 0 Å². The van der Waals surface area contributed by atoms with Crippen molar-refractivity contribution in [1.82, 2.24) is 0 Å². The molecule has 0 aromatic heterocycles. The van der Waals surface area contributed by atoms with Crippen LogP contribution in [-0.2, 0) is 19.2 Å². The Morgan fingerprint density at radius 2 is 1.66 bits per heavy atom. The molecule has 11 nitrogen and oxygen atoms in total. The lowest BCUT2D eigenvalue weighted by Gasteiger charge is -2.19. The van der Waals surface area contributed by atoms with E-state index < -0.39 is 16.8 Å². The van der Waals surface area contributed by atoms with Gasteiger partial charge in [0, 0.05) is 19.0 Å². The molecule has 11 heteroatoms. The predicted octanol–water partition coefficient (Wildman–Crippen LogP) is 3.33. The van der Waals surface area contributed by atoms with Crippen LogP contribution < -0.4 is 19.3 Å². The van der Waals surface area contributed by atoms with E-state index in [2.05, 4.69) is 0 Å². The second-order valence-corrected chi connectivity index (χ2v) is 9.56. The van der Waals surface area contributed by atoms with Crippen molar-refractivity contribution in [3.63, 3.8) is 0 Å². The molecule has 0 radical (unpaired) electrons. The zero-order valence-corrected chi connectivity index (χ0v) is 20.8. The van der Waals surface area contributed by atoms with Gasteiger partial charge in [0.15, 0.2) is 0 Å². The lowest BCUT2D eigenvalue weighted by molar-refractivity contribution is -0.384. The maximum Gasteiger partial charge on any atom is 0.316 e. The molecule has 0 saturated carbocycles. The van der Waals surface area contributed by atoms with Crippen LogP contribution in [0.3, 0.4) is 0 Å². The van der Waals surface area contributed by atoms with Crippen LogP contribution in [0, 0.1) is 34.8 Å². The molecule has 38 heavy (non-hydrogen) atoms. The van der Waals surface area contributed by atoms with Gasteiger partial charge in [-0.25, -0.2) is 4.90 Å². The Balaban J connectivity index is 1.29. The van der Waals surface area contributed by atoms with Crippen molar-refractivity contribution >= 4 is 40.8 Å². The molecule has 2 fully saturated rings. The molecule has 196 valence electrons. The van der Waals surface area contributed by atoms with Crippen LogP contribution in [0.25, 0.3) is 0 Å². The highest BCUT2D eigenvalue weighted by Gasteiger charge is 2.48. The fraction of sp³-hybridized carbons (Fsp3) is 0.333. The molecule has 0 unspecified atom stereocenters. The summed E-state index contributed by atoms with van der Waals surface area (Å²) in [7, 11) is 1.34. The summed E-state index contributed by atoms with van der Waals surface area (Å²) in [4.78, 5) is 64.5. The molecule has 0 N–H and O–H groups in total. The van der Waals surface area contributed by atoms with Gasteiger partial charge in [-0.3, -0.25) is 29.3 Å². The third kappa shape index (κ3) is 4.29. The first-order valence-electron chi connectivity index (χ1n) is 12.2. The minimum atomic E-state index is -0.764. The molecular weight excluding hydrogens is 494 g/mol. The van der Waals surface area contributed by atoms with Crippen LogP contribution in [0.5, 0.6) is 11.5 Å². The number of ether oxygens (including phenoxy) is 2. The van der Waals surface area contributed by atoms with Crippen molar-refractivity contribution < 1.29 is 33.6 Å². The van der Waals surface area contributed by atoms with Crippen molar-refractivity contribution in [3.8, 4) is 11.5 Å². The van der Waals surface area contributed by atoms with Gasteiger partial charge in [0.05, 0.1) is 47.2 Å². The lowest BCUT2D eigenvalue weighted by atomic mass is 9.85. The topological polar surface area (TPSA) is 136 Å². The lowest BCUT2D eigenvalue weighted by Crippen LogP contribution is -2.31. The van der Waals surface area contributed by atoms with E-state index in [4.69, 9.17) is 9.47 Å². The van der Waals surface area contributed by atoms with Gasteiger partial charge in [-0.1, -0.05) is 12.2 Å². The highest BCUT2D eigenvalue weighted by Crippen LogP contribution is 2.40. The molecule has 2 heterocycles. The van der Waals surface area contributed by atoms with E-state index in [1.165, 1.54) is 41.2 Å². The zero-order valence-electron chi connectivity index (χ0n) is 20.8. The van der Waals surface area contributed by atoms with Crippen molar-refractivity contribution in [2.75, 3.05) is 23.5 Å². The SMILES string of the molecule is COc1cc([N+](=O)[O-])ccc1N1C[C@H](C(=O)Oc2ccc(N3C(=O)[C@H]4CC=CC[C@H]4C3=O)c(C)c2)CC1=O. The van der Waals surface area contributed by atoms with Crippen LogP contribution in [-0.4, -0.2) is 42.3 Å². The van der Waals surface area contributed by atoms with Crippen molar-refractivity contribution in [1.29, 1.82) is 0 Å². The molecule has 2 aromatic carbocycles. The van der Waals surface area contributed by atoms with Crippen LogP contribution in [0.15, 0.2) is 48.6 Å². The quantitative estimate of drug-likeness (QED) is 0.142. The van der Waals surface area contributed by atoms with E-state index in [0.717, 1.165) is 0 Å². The Kier molecular flexibility index (Phi) is 6.43. The van der Waals surface area contributed by atoms with E-state index >= 15 is 0 Å². The van der Waals surface area contributed by atoms with Crippen molar-refractivity contribution in [3.05, 3.63) is 64.2 Å². The van der Waals surface area contributed by atoms with Crippen LogP contribution in [0.1, 0.15) is 24.8 Å². The fourth-order valence-corrected chi connectivity index (χ4v) is 5.28. The molecule has 5 rings (SSSR count). The molecule has 0 spiro atoms. The Morgan fingerprint density at radius 3 is 2.26 bits per heavy atom. The number of benzene rings is 2. The second-order valence-electron chi connectivity index (χ2n) is 9.56.